The predicted octanol–water partition coefficient (Wildman–Crippen LogP) is 3.58. The molecule has 1 aromatic heterocycles. The molecule has 0 bridgehead atoms. The van der Waals surface area contributed by atoms with E-state index in [1.54, 1.807) is 12.1 Å². The van der Waals surface area contributed by atoms with Gasteiger partial charge < -0.3 is 9.73 Å². The zero-order valence-corrected chi connectivity index (χ0v) is 10.0. The second-order valence-electron chi connectivity index (χ2n) is 4.31. The van der Waals surface area contributed by atoms with Gasteiger partial charge in [-0.1, -0.05) is 13.8 Å². The van der Waals surface area contributed by atoms with Crippen LogP contribution < -0.4 is 5.32 Å². The van der Waals surface area contributed by atoms with Gasteiger partial charge >= 0.3 is 0 Å². The van der Waals surface area contributed by atoms with Crippen LogP contribution in [-0.2, 0) is 6.54 Å². The summed E-state index contributed by atoms with van der Waals surface area (Å²) in [5, 5.41) is 3.28. The maximum Gasteiger partial charge on any atom is 0.134 e. The van der Waals surface area contributed by atoms with E-state index in [4.69, 9.17) is 4.42 Å². The Morgan fingerprint density at radius 2 is 1.82 bits per heavy atom. The third kappa shape index (κ3) is 3.17. The number of furan rings is 1. The van der Waals surface area contributed by atoms with E-state index in [9.17, 15) is 4.39 Å². The van der Waals surface area contributed by atoms with Crippen LogP contribution in [0.4, 0.5) is 4.39 Å². The van der Waals surface area contributed by atoms with Gasteiger partial charge in [0.05, 0.1) is 6.54 Å². The zero-order valence-electron chi connectivity index (χ0n) is 10.0. The minimum Gasteiger partial charge on any atom is -0.460 e. The lowest BCUT2D eigenvalue weighted by atomic mass is 10.2. The van der Waals surface area contributed by atoms with Crippen LogP contribution in [0.3, 0.4) is 0 Å². The molecule has 0 atom stereocenters. The molecule has 0 saturated carbocycles. The van der Waals surface area contributed by atoms with Crippen LogP contribution in [0.5, 0.6) is 0 Å². The molecule has 0 saturated heterocycles. The van der Waals surface area contributed by atoms with Gasteiger partial charge in [-0.05, 0) is 36.4 Å². The van der Waals surface area contributed by atoms with Gasteiger partial charge in [-0.25, -0.2) is 4.39 Å². The molecule has 0 amide bonds. The summed E-state index contributed by atoms with van der Waals surface area (Å²) < 4.78 is 18.5. The first kappa shape index (κ1) is 11.9. The van der Waals surface area contributed by atoms with Crippen molar-refractivity contribution in [1.29, 1.82) is 0 Å². The van der Waals surface area contributed by atoms with Gasteiger partial charge in [0.25, 0.3) is 0 Å². The first-order chi connectivity index (χ1) is 8.15. The molecule has 0 spiro atoms. The van der Waals surface area contributed by atoms with Crippen molar-refractivity contribution in [2.45, 2.75) is 26.4 Å². The van der Waals surface area contributed by atoms with Crippen molar-refractivity contribution < 1.29 is 8.81 Å². The average molecular weight is 233 g/mol. The number of hydrogen-bond donors (Lipinski definition) is 1. The molecule has 17 heavy (non-hydrogen) atoms. The van der Waals surface area contributed by atoms with E-state index in [0.717, 1.165) is 17.1 Å². The van der Waals surface area contributed by atoms with Gasteiger partial charge in [-0.3, -0.25) is 0 Å². The average Bonchev–Trinajstić information content (AvgIpc) is 2.76. The number of halogens is 1. The van der Waals surface area contributed by atoms with Crippen molar-refractivity contribution in [3.8, 4) is 11.3 Å². The maximum atomic E-state index is 12.8. The van der Waals surface area contributed by atoms with Crippen LogP contribution in [0.15, 0.2) is 40.8 Å². The Bertz CT molecular complexity index is 473. The SMILES string of the molecule is CC(C)NCc1ccc(-c2ccc(F)cc2)o1. The van der Waals surface area contributed by atoms with Crippen LogP contribution in [0.25, 0.3) is 11.3 Å². The van der Waals surface area contributed by atoms with Gasteiger partial charge in [0, 0.05) is 11.6 Å². The lowest BCUT2D eigenvalue weighted by molar-refractivity contribution is 0.473. The van der Waals surface area contributed by atoms with Crippen molar-refractivity contribution in [3.63, 3.8) is 0 Å². The summed E-state index contributed by atoms with van der Waals surface area (Å²) in [5.74, 6) is 1.42. The van der Waals surface area contributed by atoms with Crippen molar-refractivity contribution in [2.75, 3.05) is 0 Å². The topological polar surface area (TPSA) is 25.2 Å². The molecule has 0 aliphatic rings. The van der Waals surface area contributed by atoms with Crippen molar-refractivity contribution in [1.82, 2.24) is 5.32 Å². The normalized spacial score (nSPS) is 11.1. The fourth-order valence-corrected chi connectivity index (χ4v) is 1.55. The highest BCUT2D eigenvalue weighted by atomic mass is 19.1. The predicted molar refractivity (Wildman–Crippen MR) is 66.1 cm³/mol. The molecule has 0 radical (unpaired) electrons. The van der Waals surface area contributed by atoms with Crippen molar-refractivity contribution in [3.05, 3.63) is 48.0 Å². The molecule has 2 nitrogen and oxygen atoms in total. The van der Waals surface area contributed by atoms with Crippen LogP contribution in [0.2, 0.25) is 0 Å². The lowest BCUT2D eigenvalue weighted by Crippen LogP contribution is -2.21. The Morgan fingerprint density at radius 3 is 2.47 bits per heavy atom. The summed E-state index contributed by atoms with van der Waals surface area (Å²) in [6, 6.07) is 10.6. The molecule has 1 aromatic carbocycles. The third-order valence-electron chi connectivity index (χ3n) is 2.47. The summed E-state index contributed by atoms with van der Waals surface area (Å²) in [6.45, 7) is 4.88. The summed E-state index contributed by atoms with van der Waals surface area (Å²) >= 11 is 0. The fourth-order valence-electron chi connectivity index (χ4n) is 1.55. The molecule has 90 valence electrons. The number of rotatable bonds is 4. The van der Waals surface area contributed by atoms with E-state index < -0.39 is 0 Å². The summed E-state index contributed by atoms with van der Waals surface area (Å²) in [5.41, 5.74) is 0.891. The van der Waals surface area contributed by atoms with Gasteiger partial charge in [0.1, 0.15) is 17.3 Å². The van der Waals surface area contributed by atoms with Crippen molar-refractivity contribution in [2.24, 2.45) is 0 Å². The van der Waals surface area contributed by atoms with E-state index in [-0.39, 0.29) is 5.82 Å². The zero-order chi connectivity index (χ0) is 12.3. The van der Waals surface area contributed by atoms with E-state index in [1.807, 2.05) is 12.1 Å². The standard InChI is InChI=1S/C14H16FNO/c1-10(2)16-9-13-7-8-14(17-13)11-3-5-12(15)6-4-11/h3-8,10,16H,9H2,1-2H3. The molecule has 1 N–H and O–H groups in total. The van der Waals surface area contributed by atoms with E-state index in [2.05, 4.69) is 19.2 Å². The van der Waals surface area contributed by atoms with Gasteiger partial charge in [-0.15, -0.1) is 0 Å². The highest BCUT2D eigenvalue weighted by Gasteiger charge is 2.05. The molecule has 2 aromatic rings. The molecule has 3 heteroatoms. The Labute approximate surface area is 100 Å². The number of hydrogen-bond acceptors (Lipinski definition) is 2. The second kappa shape index (κ2) is 5.15. The lowest BCUT2D eigenvalue weighted by Gasteiger charge is -2.05. The minimum absolute atomic E-state index is 0.234. The molecular weight excluding hydrogens is 217 g/mol. The quantitative estimate of drug-likeness (QED) is 0.873. The fraction of sp³-hybridized carbons (Fsp3) is 0.286. The first-order valence-corrected chi connectivity index (χ1v) is 5.73. The van der Waals surface area contributed by atoms with Crippen LogP contribution in [0.1, 0.15) is 19.6 Å². The summed E-state index contributed by atoms with van der Waals surface area (Å²) in [4.78, 5) is 0. The summed E-state index contributed by atoms with van der Waals surface area (Å²) in [6.07, 6.45) is 0. The largest absolute Gasteiger partial charge is 0.460 e. The molecule has 0 aliphatic heterocycles. The molecule has 0 aliphatic carbocycles. The van der Waals surface area contributed by atoms with E-state index in [0.29, 0.717) is 12.6 Å². The summed E-state index contributed by atoms with van der Waals surface area (Å²) in [7, 11) is 0. The Balaban J connectivity index is 2.10. The Hall–Kier alpha value is -1.61. The Morgan fingerprint density at radius 1 is 1.12 bits per heavy atom. The van der Waals surface area contributed by atoms with Gasteiger partial charge in [-0.2, -0.15) is 0 Å². The minimum atomic E-state index is -0.234. The molecular formula is C14H16FNO. The van der Waals surface area contributed by atoms with Crippen LogP contribution in [-0.4, -0.2) is 6.04 Å². The number of benzene rings is 1. The highest BCUT2D eigenvalue weighted by Crippen LogP contribution is 2.22. The Kier molecular flexibility index (Phi) is 3.59. The highest BCUT2D eigenvalue weighted by molar-refractivity contribution is 5.57. The van der Waals surface area contributed by atoms with E-state index in [1.165, 1.54) is 12.1 Å². The monoisotopic (exact) mass is 233 g/mol. The smallest absolute Gasteiger partial charge is 0.134 e. The first-order valence-electron chi connectivity index (χ1n) is 5.73. The molecule has 0 fully saturated rings. The maximum absolute atomic E-state index is 12.8. The second-order valence-corrected chi connectivity index (χ2v) is 4.31. The molecule has 2 rings (SSSR count). The van der Waals surface area contributed by atoms with Gasteiger partial charge in [0.2, 0.25) is 0 Å². The van der Waals surface area contributed by atoms with Crippen LogP contribution >= 0.6 is 0 Å². The molecule has 1 heterocycles. The van der Waals surface area contributed by atoms with Crippen molar-refractivity contribution >= 4 is 0 Å². The van der Waals surface area contributed by atoms with Gasteiger partial charge in [0.15, 0.2) is 0 Å². The molecule has 0 unspecified atom stereocenters. The third-order valence-corrected chi connectivity index (χ3v) is 2.47. The van der Waals surface area contributed by atoms with E-state index >= 15 is 0 Å². The van der Waals surface area contributed by atoms with Crippen LogP contribution in [0, 0.1) is 5.82 Å². The number of nitrogens with one attached hydrogen (secondary N) is 1.